The van der Waals surface area contributed by atoms with E-state index in [1.165, 1.54) is 6.07 Å². The molecule has 0 atom stereocenters. The van der Waals surface area contributed by atoms with Crippen LogP contribution in [0.5, 0.6) is 0 Å². The van der Waals surface area contributed by atoms with Crippen LogP contribution in [0.3, 0.4) is 0 Å². The lowest BCUT2D eigenvalue weighted by molar-refractivity contribution is 0.1000. The van der Waals surface area contributed by atoms with E-state index in [2.05, 4.69) is 5.32 Å². The Kier molecular flexibility index (Phi) is 2.11. The number of benzene rings is 1. The number of amides is 1. The van der Waals surface area contributed by atoms with Gasteiger partial charge in [0.05, 0.1) is 5.69 Å². The van der Waals surface area contributed by atoms with Gasteiger partial charge in [0.25, 0.3) is 0 Å². The monoisotopic (exact) mass is 194 g/mol. The van der Waals surface area contributed by atoms with Gasteiger partial charge >= 0.3 is 0 Å². The summed E-state index contributed by atoms with van der Waals surface area (Å²) in [6, 6.07) is 4.63. The summed E-state index contributed by atoms with van der Waals surface area (Å²) >= 11 is 0. The predicted molar refractivity (Wildman–Crippen MR) is 51.6 cm³/mol. The highest BCUT2D eigenvalue weighted by Crippen LogP contribution is 2.26. The zero-order valence-electron chi connectivity index (χ0n) is 7.59. The summed E-state index contributed by atoms with van der Waals surface area (Å²) in [5, 5.41) is 3.02. The third-order valence-electron chi connectivity index (χ3n) is 2.19. The van der Waals surface area contributed by atoms with Crippen molar-refractivity contribution in [3.8, 4) is 0 Å². The number of rotatable bonds is 3. The van der Waals surface area contributed by atoms with E-state index in [1.54, 1.807) is 6.07 Å². The first-order valence-electron chi connectivity index (χ1n) is 4.52. The summed E-state index contributed by atoms with van der Waals surface area (Å²) in [5.74, 6) is -1.03. The van der Waals surface area contributed by atoms with E-state index in [9.17, 15) is 9.18 Å². The predicted octanol–water partition coefficient (Wildman–Crippen LogP) is 1.50. The normalized spacial score (nSPS) is 15.2. The first-order chi connectivity index (χ1) is 6.66. The molecule has 0 radical (unpaired) electrons. The van der Waals surface area contributed by atoms with Crippen molar-refractivity contribution in [1.29, 1.82) is 0 Å². The number of nitrogens with one attached hydrogen (secondary N) is 1. The van der Waals surface area contributed by atoms with Crippen molar-refractivity contribution in [2.75, 3.05) is 5.32 Å². The van der Waals surface area contributed by atoms with Crippen LogP contribution in [0, 0.1) is 5.82 Å². The number of carbonyl (C=O) groups excluding carboxylic acids is 1. The largest absolute Gasteiger partial charge is 0.380 e. The van der Waals surface area contributed by atoms with E-state index >= 15 is 0 Å². The first-order valence-corrected chi connectivity index (χ1v) is 4.52. The van der Waals surface area contributed by atoms with Gasteiger partial charge in [-0.1, -0.05) is 0 Å². The molecule has 0 heterocycles. The topological polar surface area (TPSA) is 55.1 Å². The second kappa shape index (κ2) is 3.29. The standard InChI is InChI=1S/C10H11FN2O/c11-8-5-6(10(12)14)1-4-9(8)13-7-2-3-7/h1,4-5,7,13H,2-3H2,(H2,12,14). The highest BCUT2D eigenvalue weighted by molar-refractivity contribution is 5.93. The molecule has 2 rings (SSSR count). The van der Waals surface area contributed by atoms with Gasteiger partial charge in [0.2, 0.25) is 5.91 Å². The summed E-state index contributed by atoms with van der Waals surface area (Å²) < 4.78 is 13.3. The van der Waals surface area contributed by atoms with Crippen molar-refractivity contribution in [1.82, 2.24) is 0 Å². The number of halogens is 1. The van der Waals surface area contributed by atoms with E-state index in [0.29, 0.717) is 11.7 Å². The summed E-state index contributed by atoms with van der Waals surface area (Å²) in [6.07, 6.45) is 2.16. The van der Waals surface area contributed by atoms with Crippen LogP contribution in [-0.4, -0.2) is 11.9 Å². The maximum absolute atomic E-state index is 13.3. The molecular formula is C10H11FN2O. The molecule has 3 N–H and O–H groups in total. The van der Waals surface area contributed by atoms with Crippen molar-refractivity contribution in [2.24, 2.45) is 5.73 Å². The molecule has 1 aromatic rings. The molecule has 1 saturated carbocycles. The summed E-state index contributed by atoms with van der Waals surface area (Å²) in [7, 11) is 0. The minimum absolute atomic E-state index is 0.198. The number of nitrogens with two attached hydrogens (primary N) is 1. The van der Waals surface area contributed by atoms with Crippen molar-refractivity contribution in [2.45, 2.75) is 18.9 Å². The van der Waals surface area contributed by atoms with Crippen LogP contribution in [0.15, 0.2) is 18.2 Å². The number of hydrogen-bond donors (Lipinski definition) is 2. The van der Waals surface area contributed by atoms with E-state index in [1.807, 2.05) is 0 Å². The van der Waals surface area contributed by atoms with Crippen molar-refractivity contribution in [3.05, 3.63) is 29.6 Å². The molecule has 0 aromatic heterocycles. The van der Waals surface area contributed by atoms with E-state index in [0.717, 1.165) is 18.9 Å². The molecule has 0 spiro atoms. The molecule has 0 bridgehead atoms. The van der Waals surface area contributed by atoms with Crippen LogP contribution in [0.4, 0.5) is 10.1 Å². The fraction of sp³-hybridized carbons (Fsp3) is 0.300. The fourth-order valence-corrected chi connectivity index (χ4v) is 1.23. The van der Waals surface area contributed by atoms with Crippen LogP contribution in [0.25, 0.3) is 0 Å². The molecular weight excluding hydrogens is 183 g/mol. The Bertz CT molecular complexity index is 374. The van der Waals surface area contributed by atoms with E-state index < -0.39 is 11.7 Å². The lowest BCUT2D eigenvalue weighted by Gasteiger charge is -2.06. The maximum atomic E-state index is 13.3. The Labute approximate surface area is 81.1 Å². The Balaban J connectivity index is 2.21. The van der Waals surface area contributed by atoms with Crippen LogP contribution < -0.4 is 11.1 Å². The third-order valence-corrected chi connectivity index (χ3v) is 2.19. The second-order valence-corrected chi connectivity index (χ2v) is 3.48. The Morgan fingerprint density at radius 1 is 1.50 bits per heavy atom. The minimum atomic E-state index is -0.609. The molecule has 1 aromatic carbocycles. The Morgan fingerprint density at radius 3 is 2.71 bits per heavy atom. The van der Waals surface area contributed by atoms with E-state index in [4.69, 9.17) is 5.73 Å². The second-order valence-electron chi connectivity index (χ2n) is 3.48. The smallest absolute Gasteiger partial charge is 0.248 e. The van der Waals surface area contributed by atoms with Gasteiger partial charge < -0.3 is 11.1 Å². The Hall–Kier alpha value is -1.58. The summed E-state index contributed by atoms with van der Waals surface area (Å²) in [5.41, 5.74) is 5.66. The molecule has 1 amide bonds. The van der Waals surface area contributed by atoms with E-state index in [-0.39, 0.29) is 5.56 Å². The van der Waals surface area contributed by atoms with Gasteiger partial charge in [0.15, 0.2) is 0 Å². The average Bonchev–Trinajstić information content (AvgIpc) is 2.92. The summed E-state index contributed by atoms with van der Waals surface area (Å²) in [4.78, 5) is 10.7. The van der Waals surface area contributed by atoms with Gasteiger partial charge in [0.1, 0.15) is 5.82 Å². The number of primary amides is 1. The number of anilines is 1. The van der Waals surface area contributed by atoms with Gasteiger partial charge in [-0.2, -0.15) is 0 Å². The molecule has 1 aliphatic carbocycles. The van der Waals surface area contributed by atoms with Crippen LogP contribution in [0.2, 0.25) is 0 Å². The van der Waals surface area contributed by atoms with Gasteiger partial charge in [-0.3, -0.25) is 4.79 Å². The molecule has 0 aliphatic heterocycles. The van der Waals surface area contributed by atoms with Crippen LogP contribution in [-0.2, 0) is 0 Å². The third kappa shape index (κ3) is 1.84. The molecule has 0 unspecified atom stereocenters. The lowest BCUT2D eigenvalue weighted by atomic mass is 10.2. The average molecular weight is 194 g/mol. The van der Waals surface area contributed by atoms with Gasteiger partial charge in [-0.05, 0) is 31.0 Å². The number of hydrogen-bond acceptors (Lipinski definition) is 2. The van der Waals surface area contributed by atoms with Crippen molar-refractivity contribution in [3.63, 3.8) is 0 Å². The zero-order valence-corrected chi connectivity index (χ0v) is 7.59. The molecule has 0 saturated heterocycles. The molecule has 74 valence electrons. The number of carbonyl (C=O) groups is 1. The van der Waals surface area contributed by atoms with Crippen LogP contribution in [0.1, 0.15) is 23.2 Å². The lowest BCUT2D eigenvalue weighted by Crippen LogP contribution is -2.12. The first kappa shape index (κ1) is 8.99. The van der Waals surface area contributed by atoms with Crippen molar-refractivity contribution < 1.29 is 9.18 Å². The zero-order chi connectivity index (χ0) is 10.1. The SMILES string of the molecule is NC(=O)c1ccc(NC2CC2)c(F)c1. The highest BCUT2D eigenvalue weighted by atomic mass is 19.1. The quantitative estimate of drug-likeness (QED) is 0.766. The van der Waals surface area contributed by atoms with Gasteiger partial charge in [-0.15, -0.1) is 0 Å². The molecule has 3 nitrogen and oxygen atoms in total. The maximum Gasteiger partial charge on any atom is 0.248 e. The molecule has 1 aliphatic rings. The molecule has 14 heavy (non-hydrogen) atoms. The summed E-state index contributed by atoms with van der Waals surface area (Å²) in [6.45, 7) is 0. The van der Waals surface area contributed by atoms with Crippen molar-refractivity contribution >= 4 is 11.6 Å². The fourth-order valence-electron chi connectivity index (χ4n) is 1.23. The molecule has 1 fully saturated rings. The Morgan fingerprint density at radius 2 is 2.21 bits per heavy atom. The highest BCUT2D eigenvalue weighted by Gasteiger charge is 2.22. The van der Waals surface area contributed by atoms with Crippen LogP contribution >= 0.6 is 0 Å². The molecule has 4 heteroatoms. The minimum Gasteiger partial charge on any atom is -0.380 e. The van der Waals surface area contributed by atoms with Gasteiger partial charge in [0, 0.05) is 11.6 Å². The van der Waals surface area contributed by atoms with Gasteiger partial charge in [-0.25, -0.2) is 4.39 Å².